The van der Waals surface area contributed by atoms with E-state index in [1.807, 2.05) is 6.92 Å². The van der Waals surface area contributed by atoms with E-state index in [0.717, 1.165) is 4.90 Å². The van der Waals surface area contributed by atoms with Gasteiger partial charge in [0.1, 0.15) is 16.6 Å². The molecule has 3 aliphatic rings. The molecule has 2 amide bonds. The van der Waals surface area contributed by atoms with E-state index in [9.17, 15) is 24.3 Å². The van der Waals surface area contributed by atoms with E-state index in [4.69, 9.17) is 4.74 Å². The Labute approximate surface area is 225 Å². The van der Waals surface area contributed by atoms with Gasteiger partial charge in [-0.05, 0) is 12.5 Å². The normalized spacial score (nSPS) is 23.8. The van der Waals surface area contributed by atoms with E-state index in [0.29, 0.717) is 16.9 Å². The van der Waals surface area contributed by atoms with E-state index < -0.39 is 35.3 Å². The molecule has 172 valence electrons. The van der Waals surface area contributed by atoms with Gasteiger partial charge in [0.15, 0.2) is 6.21 Å². The fourth-order valence-corrected chi connectivity index (χ4v) is 5.93. The van der Waals surface area contributed by atoms with Crippen molar-refractivity contribution in [1.29, 1.82) is 0 Å². The fourth-order valence-electron chi connectivity index (χ4n) is 3.58. The van der Waals surface area contributed by atoms with Gasteiger partial charge in [-0.1, -0.05) is 34.4 Å². The molecule has 14 heteroatoms. The van der Waals surface area contributed by atoms with Crippen LogP contribution in [0, 0.1) is 0 Å². The van der Waals surface area contributed by atoms with Crippen LogP contribution in [0.15, 0.2) is 51.9 Å². The summed E-state index contributed by atoms with van der Waals surface area (Å²) in [6, 6.07) is 7.37. The predicted octanol–water partition coefficient (Wildman–Crippen LogP) is -3.19. The molecule has 0 spiro atoms. The standard InChI is InChI=1S/C20H19N5O6S2.Na/c1-11-7-24(23-22-11)33-9-13-8-32-19-14(18(28)25(19)15(13)20(29)30)21-17(27)16(31-10-26)12-5-3-2-4-6-12;/h2-7,10-11,14,16,19H,8-9H2,1H3,(H-,21,27,29,30);/q;+1. The van der Waals surface area contributed by atoms with E-state index in [-0.39, 0.29) is 53.5 Å². The maximum atomic E-state index is 12.8. The number of benzene rings is 1. The molecular weight excluding hydrogens is 493 g/mol. The number of ether oxygens (including phenoxy) is 1. The zero-order chi connectivity index (χ0) is 23.5. The molecule has 11 nitrogen and oxygen atoms in total. The predicted molar refractivity (Wildman–Crippen MR) is 116 cm³/mol. The van der Waals surface area contributed by atoms with Crippen molar-refractivity contribution in [2.45, 2.75) is 30.5 Å². The van der Waals surface area contributed by atoms with Crippen LogP contribution in [0.1, 0.15) is 18.6 Å². The topological polar surface area (TPSA) is 144 Å². The molecule has 1 N–H and O–H groups in total. The van der Waals surface area contributed by atoms with Crippen LogP contribution < -0.4 is 40.0 Å². The Kier molecular flexibility index (Phi) is 8.93. The van der Waals surface area contributed by atoms with Crippen molar-refractivity contribution in [3.8, 4) is 0 Å². The average molecular weight is 513 g/mol. The minimum Gasteiger partial charge on any atom is -0.543 e. The number of nitrogens with one attached hydrogen (secondary N) is 1. The number of thioether (sulfide) groups is 1. The molecular formula is C20H19N5NaO6S2+. The summed E-state index contributed by atoms with van der Waals surface area (Å²) in [5.41, 5.74) is 0.783. The summed E-state index contributed by atoms with van der Waals surface area (Å²) in [5, 5.41) is 21.8. The van der Waals surface area contributed by atoms with Crippen molar-refractivity contribution in [2.24, 2.45) is 10.3 Å². The number of carboxylic acids is 1. The first kappa shape index (κ1) is 26.4. The van der Waals surface area contributed by atoms with Gasteiger partial charge in [-0.15, -0.1) is 11.8 Å². The van der Waals surface area contributed by atoms with Crippen LogP contribution in [0.5, 0.6) is 0 Å². The Morgan fingerprint density at radius 1 is 1.41 bits per heavy atom. The summed E-state index contributed by atoms with van der Waals surface area (Å²) < 4.78 is 6.49. The number of hydrogen-bond acceptors (Lipinski definition) is 10. The smallest absolute Gasteiger partial charge is 0.543 e. The van der Waals surface area contributed by atoms with Gasteiger partial charge >= 0.3 is 29.6 Å². The second kappa shape index (κ2) is 11.5. The average Bonchev–Trinajstić information content (AvgIpc) is 3.24. The zero-order valence-electron chi connectivity index (χ0n) is 18.3. The maximum absolute atomic E-state index is 12.8. The Balaban J connectivity index is 0.00000324. The molecule has 1 aromatic carbocycles. The van der Waals surface area contributed by atoms with Crippen molar-refractivity contribution >= 4 is 54.2 Å². The van der Waals surface area contributed by atoms with Crippen molar-refractivity contribution in [1.82, 2.24) is 10.2 Å². The van der Waals surface area contributed by atoms with Crippen LogP contribution in [0.3, 0.4) is 0 Å². The van der Waals surface area contributed by atoms with Crippen LogP contribution >= 0.6 is 23.7 Å². The van der Waals surface area contributed by atoms with E-state index >= 15 is 0 Å². The van der Waals surface area contributed by atoms with Gasteiger partial charge in [0.25, 0.3) is 18.3 Å². The van der Waals surface area contributed by atoms with Crippen molar-refractivity contribution < 1.29 is 62.7 Å². The minimum absolute atomic E-state index is 0. The number of carboxylic acid groups (broad SMARTS) is 1. The van der Waals surface area contributed by atoms with E-state index in [1.165, 1.54) is 23.7 Å². The van der Waals surface area contributed by atoms with E-state index in [2.05, 4.69) is 15.7 Å². The number of rotatable bonds is 9. The largest absolute Gasteiger partial charge is 1.00 e. The van der Waals surface area contributed by atoms with Crippen LogP contribution in [0.25, 0.3) is 0 Å². The molecule has 3 aliphatic heterocycles. The van der Waals surface area contributed by atoms with Crippen LogP contribution in [-0.2, 0) is 23.9 Å². The molecule has 4 atom stereocenters. The van der Waals surface area contributed by atoms with Crippen LogP contribution in [0.4, 0.5) is 0 Å². The minimum atomic E-state index is -1.46. The molecule has 0 saturated carbocycles. The molecule has 4 rings (SSSR count). The first-order valence-corrected chi connectivity index (χ1v) is 11.9. The summed E-state index contributed by atoms with van der Waals surface area (Å²) in [7, 11) is 0. The second-order valence-corrected chi connectivity index (χ2v) is 9.36. The molecule has 4 unspecified atom stereocenters. The first-order valence-electron chi connectivity index (χ1n) is 9.91. The summed E-state index contributed by atoms with van der Waals surface area (Å²) in [5.74, 6) is -2.07. The third-order valence-corrected chi connectivity index (χ3v) is 7.38. The monoisotopic (exact) mass is 512 g/mol. The fraction of sp³-hybridized carbons (Fsp3) is 0.350. The maximum Gasteiger partial charge on any atom is 1.00 e. The van der Waals surface area contributed by atoms with Gasteiger partial charge in [-0.2, -0.15) is 0 Å². The number of hydrogen-bond donors (Lipinski definition) is 1. The van der Waals surface area contributed by atoms with Gasteiger partial charge < -0.3 is 20.0 Å². The second-order valence-electron chi connectivity index (χ2n) is 7.33. The van der Waals surface area contributed by atoms with Crippen LogP contribution in [-0.4, -0.2) is 68.4 Å². The molecule has 1 fully saturated rings. The molecule has 0 aromatic heterocycles. The van der Waals surface area contributed by atoms with Gasteiger partial charge in [-0.3, -0.25) is 19.3 Å². The quantitative estimate of drug-likeness (QED) is 0.120. The number of carbonyl (C=O) groups excluding carboxylic acids is 4. The Bertz CT molecular complexity index is 1080. The summed E-state index contributed by atoms with van der Waals surface area (Å²) >= 11 is 2.60. The third kappa shape index (κ3) is 5.38. The summed E-state index contributed by atoms with van der Waals surface area (Å²) in [6.45, 7) is 2.03. The summed E-state index contributed by atoms with van der Waals surface area (Å²) in [4.78, 5) is 49.5. The SMILES string of the molecule is CC1C=[N+](SCC2=C(C(=O)[O-])N3C(=O)C(NC(=O)C(OC=O)c4ccccc4)C3SC2)N=N1.[Na+]. The Hall–Kier alpha value is -2.19. The molecule has 0 bridgehead atoms. The molecule has 0 radical (unpaired) electrons. The molecule has 3 heterocycles. The van der Waals surface area contributed by atoms with E-state index in [1.54, 1.807) is 40.6 Å². The number of carbonyl (C=O) groups is 4. The number of fused-ring (bicyclic) bond motifs is 1. The van der Waals surface area contributed by atoms with Crippen molar-refractivity contribution in [3.63, 3.8) is 0 Å². The van der Waals surface area contributed by atoms with Crippen molar-refractivity contribution in [3.05, 3.63) is 47.2 Å². The Morgan fingerprint density at radius 3 is 2.76 bits per heavy atom. The molecule has 34 heavy (non-hydrogen) atoms. The Morgan fingerprint density at radius 2 is 2.15 bits per heavy atom. The first-order chi connectivity index (χ1) is 15.9. The number of amides is 2. The van der Waals surface area contributed by atoms with Gasteiger partial charge in [0, 0.05) is 16.4 Å². The number of nitrogens with zero attached hydrogens (tertiary/aromatic N) is 4. The van der Waals surface area contributed by atoms with Gasteiger partial charge in [0.05, 0.1) is 29.4 Å². The zero-order valence-corrected chi connectivity index (χ0v) is 22.0. The molecule has 1 saturated heterocycles. The molecule has 0 aliphatic carbocycles. The molecule has 1 aromatic rings. The summed E-state index contributed by atoms with van der Waals surface area (Å²) in [6.07, 6.45) is 0.559. The van der Waals surface area contributed by atoms with Crippen LogP contribution in [0.2, 0.25) is 0 Å². The van der Waals surface area contributed by atoms with Gasteiger partial charge in [-0.25, -0.2) is 0 Å². The number of aliphatic carboxylic acids is 1. The third-order valence-electron chi connectivity index (χ3n) is 5.11. The number of β-lactam (4-membered cyclic amide) rings is 1. The van der Waals surface area contributed by atoms with Crippen molar-refractivity contribution in [2.75, 3.05) is 11.5 Å². The van der Waals surface area contributed by atoms with Gasteiger partial charge in [0.2, 0.25) is 12.1 Å².